The molecule has 1 saturated heterocycles. The lowest BCUT2D eigenvalue weighted by Crippen LogP contribution is -2.42. The zero-order chi connectivity index (χ0) is 19.8. The number of sulfone groups is 1. The minimum Gasteiger partial charge on any atom is -0.419 e. The summed E-state index contributed by atoms with van der Waals surface area (Å²) < 4.78 is 35.1. The quantitative estimate of drug-likeness (QED) is 0.455. The fourth-order valence-electron chi connectivity index (χ4n) is 2.42. The number of aromatic nitrogens is 1. The molecule has 1 aliphatic heterocycles. The van der Waals surface area contributed by atoms with Crippen molar-refractivity contribution in [2.75, 3.05) is 11.1 Å². The van der Waals surface area contributed by atoms with Gasteiger partial charge in [0.2, 0.25) is 14.2 Å². The molecule has 1 aliphatic rings. The molecule has 1 N–H and O–H groups in total. The number of hydrogen-bond donors (Lipinski definition) is 1. The van der Waals surface area contributed by atoms with Gasteiger partial charge in [0.1, 0.15) is 0 Å². The van der Waals surface area contributed by atoms with Crippen molar-refractivity contribution in [3.63, 3.8) is 0 Å². The zero-order valence-electron chi connectivity index (χ0n) is 14.9. The molecular formula is C17H18N2O6S2. The lowest BCUT2D eigenvalue weighted by Gasteiger charge is -2.29. The number of nitrogens with one attached hydrogen (secondary N) is 1. The Balaban J connectivity index is 1.84. The van der Waals surface area contributed by atoms with Crippen molar-refractivity contribution < 1.29 is 27.5 Å². The third kappa shape index (κ3) is 4.11. The highest BCUT2D eigenvalue weighted by Gasteiger charge is 2.38. The average molecular weight is 410 g/mol. The van der Waals surface area contributed by atoms with Crippen molar-refractivity contribution in [1.29, 1.82) is 0 Å². The number of benzene rings is 1. The summed E-state index contributed by atoms with van der Waals surface area (Å²) in [5.41, 5.74) is 0.861. The van der Waals surface area contributed by atoms with Gasteiger partial charge in [0, 0.05) is 25.7 Å². The van der Waals surface area contributed by atoms with E-state index in [0.717, 1.165) is 11.3 Å². The number of carbonyl (C=O) groups is 2. The second-order valence-corrected chi connectivity index (χ2v) is 9.68. The zero-order valence-corrected chi connectivity index (χ0v) is 16.6. The van der Waals surface area contributed by atoms with Crippen molar-refractivity contribution >= 4 is 49.0 Å². The number of nitrogens with zero attached hydrogens (tertiary/aromatic N) is 1. The first-order valence-corrected chi connectivity index (χ1v) is 10.6. The minimum absolute atomic E-state index is 0.0462. The van der Waals surface area contributed by atoms with Crippen molar-refractivity contribution in [2.45, 2.75) is 37.3 Å². The molecule has 3 rings (SSSR count). The van der Waals surface area contributed by atoms with Crippen LogP contribution in [0.5, 0.6) is 0 Å². The molecule has 0 aliphatic carbocycles. The molecule has 0 unspecified atom stereocenters. The maximum Gasteiger partial charge on any atom is 0.350 e. The number of ether oxygens (including phenoxy) is 2. The molecule has 10 heteroatoms. The molecule has 0 atom stereocenters. The predicted molar refractivity (Wildman–Crippen MR) is 99.9 cm³/mol. The molecule has 27 heavy (non-hydrogen) atoms. The SMILES string of the molecule is CCCS(=O)(=O)c1nc2ccc(NC=C3C(=O)OC(C)(C)OC3=O)cc2s1. The summed E-state index contributed by atoms with van der Waals surface area (Å²) in [6, 6.07) is 5.02. The van der Waals surface area contributed by atoms with Crippen LogP contribution in [0.15, 0.2) is 34.3 Å². The van der Waals surface area contributed by atoms with E-state index in [-0.39, 0.29) is 15.7 Å². The normalized spacial score (nSPS) is 16.8. The Morgan fingerprint density at radius 3 is 2.52 bits per heavy atom. The van der Waals surface area contributed by atoms with Crippen LogP contribution >= 0.6 is 11.3 Å². The van der Waals surface area contributed by atoms with Gasteiger partial charge in [-0.3, -0.25) is 0 Å². The fourth-order valence-corrected chi connectivity index (χ4v) is 5.13. The predicted octanol–water partition coefficient (Wildman–Crippen LogP) is 2.61. The second-order valence-electron chi connectivity index (χ2n) is 6.36. The Labute approximate surface area is 160 Å². The Kier molecular flexibility index (Phi) is 4.96. The Hall–Kier alpha value is -2.46. The standard InChI is InChI=1S/C17H18N2O6S2/c1-4-7-27(22,23)16-19-12-6-5-10(8-13(12)26-16)18-9-11-14(20)24-17(2,3)25-15(11)21/h5-6,8-9,18H,4,7H2,1-3H3. The van der Waals surface area contributed by atoms with E-state index in [1.165, 1.54) is 20.0 Å². The number of hydrogen-bond acceptors (Lipinski definition) is 9. The maximum atomic E-state index is 12.2. The third-order valence-electron chi connectivity index (χ3n) is 3.61. The number of fused-ring (bicyclic) bond motifs is 1. The molecule has 1 aromatic carbocycles. The smallest absolute Gasteiger partial charge is 0.350 e. The van der Waals surface area contributed by atoms with Gasteiger partial charge in [-0.1, -0.05) is 6.92 Å². The van der Waals surface area contributed by atoms with E-state index >= 15 is 0 Å². The molecule has 0 amide bonds. The Morgan fingerprint density at radius 1 is 1.22 bits per heavy atom. The number of rotatable bonds is 5. The minimum atomic E-state index is -3.39. The molecule has 8 nitrogen and oxygen atoms in total. The van der Waals surface area contributed by atoms with E-state index in [0.29, 0.717) is 22.3 Å². The number of thiazole rings is 1. The highest BCUT2D eigenvalue weighted by molar-refractivity contribution is 7.93. The van der Waals surface area contributed by atoms with Crippen LogP contribution in [0.4, 0.5) is 5.69 Å². The number of carbonyl (C=O) groups excluding carboxylic acids is 2. The first kappa shape index (κ1) is 19.3. The van der Waals surface area contributed by atoms with E-state index in [2.05, 4.69) is 10.3 Å². The van der Waals surface area contributed by atoms with Gasteiger partial charge < -0.3 is 14.8 Å². The van der Waals surface area contributed by atoms with Gasteiger partial charge >= 0.3 is 11.9 Å². The van der Waals surface area contributed by atoms with E-state index in [1.807, 2.05) is 0 Å². The molecule has 0 spiro atoms. The van der Waals surface area contributed by atoms with Gasteiger partial charge in [-0.2, -0.15) is 0 Å². The van der Waals surface area contributed by atoms with Gasteiger partial charge in [-0.05, 0) is 24.6 Å². The van der Waals surface area contributed by atoms with Crippen LogP contribution in [-0.4, -0.2) is 36.9 Å². The van der Waals surface area contributed by atoms with Crippen LogP contribution in [0.3, 0.4) is 0 Å². The van der Waals surface area contributed by atoms with Crippen LogP contribution in [0.2, 0.25) is 0 Å². The van der Waals surface area contributed by atoms with E-state index in [4.69, 9.17) is 9.47 Å². The van der Waals surface area contributed by atoms with E-state index in [1.54, 1.807) is 25.1 Å². The largest absolute Gasteiger partial charge is 0.419 e. The molecule has 1 aromatic heterocycles. The van der Waals surface area contributed by atoms with Crippen molar-refractivity contribution in [2.24, 2.45) is 0 Å². The highest BCUT2D eigenvalue weighted by Crippen LogP contribution is 2.29. The van der Waals surface area contributed by atoms with Crippen molar-refractivity contribution in [3.05, 3.63) is 30.0 Å². The molecule has 2 heterocycles. The van der Waals surface area contributed by atoms with Gasteiger partial charge in [-0.15, -0.1) is 11.3 Å². The summed E-state index contributed by atoms with van der Waals surface area (Å²) >= 11 is 1.08. The number of cyclic esters (lactones) is 2. The Morgan fingerprint density at radius 2 is 1.89 bits per heavy atom. The maximum absolute atomic E-state index is 12.2. The number of anilines is 1. The van der Waals surface area contributed by atoms with Crippen LogP contribution in [0, 0.1) is 0 Å². The molecular weight excluding hydrogens is 392 g/mol. The summed E-state index contributed by atoms with van der Waals surface area (Å²) in [6.07, 6.45) is 1.72. The monoisotopic (exact) mass is 410 g/mol. The molecule has 0 saturated carbocycles. The van der Waals surface area contributed by atoms with Crippen molar-refractivity contribution in [1.82, 2.24) is 4.98 Å². The first-order chi connectivity index (χ1) is 12.6. The lowest BCUT2D eigenvalue weighted by molar-refractivity contribution is -0.222. The topological polar surface area (TPSA) is 112 Å². The summed E-state index contributed by atoms with van der Waals surface area (Å²) in [4.78, 5) is 28.0. The Bertz CT molecular complexity index is 1030. The van der Waals surface area contributed by atoms with Gasteiger partial charge in [0.25, 0.3) is 5.79 Å². The summed E-state index contributed by atoms with van der Waals surface area (Å²) in [5, 5.41) is 2.83. The van der Waals surface area contributed by atoms with Crippen LogP contribution in [0.1, 0.15) is 27.2 Å². The summed E-state index contributed by atoms with van der Waals surface area (Å²) in [7, 11) is -3.39. The molecule has 1 fully saturated rings. The molecule has 0 radical (unpaired) electrons. The van der Waals surface area contributed by atoms with Gasteiger partial charge in [0.05, 0.1) is 16.0 Å². The van der Waals surface area contributed by atoms with Crippen LogP contribution in [0.25, 0.3) is 10.2 Å². The first-order valence-electron chi connectivity index (χ1n) is 8.18. The van der Waals surface area contributed by atoms with Crippen LogP contribution in [-0.2, 0) is 28.9 Å². The summed E-state index contributed by atoms with van der Waals surface area (Å²) in [5.74, 6) is -2.82. The molecule has 144 valence electrons. The van der Waals surface area contributed by atoms with Gasteiger partial charge in [0.15, 0.2) is 5.57 Å². The highest BCUT2D eigenvalue weighted by atomic mass is 32.2. The third-order valence-corrected chi connectivity index (χ3v) is 7.00. The average Bonchev–Trinajstić information content (AvgIpc) is 2.97. The van der Waals surface area contributed by atoms with Gasteiger partial charge in [-0.25, -0.2) is 23.0 Å². The lowest BCUT2D eigenvalue weighted by atomic mass is 10.2. The van der Waals surface area contributed by atoms with E-state index < -0.39 is 27.6 Å². The van der Waals surface area contributed by atoms with Crippen LogP contribution < -0.4 is 5.32 Å². The molecule has 2 aromatic rings. The molecule has 0 bridgehead atoms. The number of esters is 2. The second kappa shape index (κ2) is 6.93. The fraction of sp³-hybridized carbons (Fsp3) is 0.353. The summed E-state index contributed by atoms with van der Waals surface area (Å²) in [6.45, 7) is 4.73. The van der Waals surface area contributed by atoms with Crippen molar-refractivity contribution in [3.8, 4) is 0 Å². The van der Waals surface area contributed by atoms with E-state index in [9.17, 15) is 18.0 Å².